The Labute approximate surface area is 205 Å². The highest BCUT2D eigenvalue weighted by Crippen LogP contribution is 2.19. The highest BCUT2D eigenvalue weighted by Gasteiger charge is 2.05. The molecule has 0 aliphatic rings. The Morgan fingerprint density at radius 3 is 1.69 bits per heavy atom. The number of aliphatic imine (C=N–C) groups is 2. The molecule has 0 atom stereocenters. The summed E-state index contributed by atoms with van der Waals surface area (Å²) in [6, 6.07) is 38.2. The SMILES string of the molecule is C(=NC(N=Cc1ccccc1)c1ccccc1)c1ccccc1.Cn1cc(C=O)c2ccccc21. The molecule has 0 N–H and O–H groups in total. The second-order valence-electron chi connectivity index (χ2n) is 7.99. The maximum Gasteiger partial charge on any atom is 0.165 e. The highest BCUT2D eigenvalue weighted by molar-refractivity contribution is 5.97. The zero-order valence-corrected chi connectivity index (χ0v) is 19.6. The Balaban J connectivity index is 0.000000201. The lowest BCUT2D eigenvalue weighted by Gasteiger charge is -2.07. The van der Waals surface area contributed by atoms with E-state index >= 15 is 0 Å². The zero-order valence-electron chi connectivity index (χ0n) is 19.6. The van der Waals surface area contributed by atoms with Gasteiger partial charge in [-0.15, -0.1) is 0 Å². The van der Waals surface area contributed by atoms with Crippen molar-refractivity contribution in [2.24, 2.45) is 17.0 Å². The third-order valence-electron chi connectivity index (χ3n) is 5.48. The third kappa shape index (κ3) is 6.49. The molecule has 5 aromatic rings. The van der Waals surface area contributed by atoms with Gasteiger partial charge in [0.15, 0.2) is 12.5 Å². The molecule has 0 saturated carbocycles. The van der Waals surface area contributed by atoms with E-state index in [-0.39, 0.29) is 6.17 Å². The highest BCUT2D eigenvalue weighted by atomic mass is 16.1. The van der Waals surface area contributed by atoms with E-state index in [1.807, 2.05) is 133 Å². The predicted octanol–water partition coefficient (Wildman–Crippen LogP) is 6.91. The topological polar surface area (TPSA) is 46.7 Å². The van der Waals surface area contributed by atoms with Gasteiger partial charge in [-0.2, -0.15) is 0 Å². The largest absolute Gasteiger partial charge is 0.350 e. The number of fused-ring (bicyclic) bond motifs is 1. The Bertz CT molecular complexity index is 1360. The first-order valence-electron chi connectivity index (χ1n) is 11.5. The van der Waals surface area contributed by atoms with E-state index in [1.165, 1.54) is 0 Å². The van der Waals surface area contributed by atoms with Crippen molar-refractivity contribution in [2.45, 2.75) is 6.17 Å². The van der Waals surface area contributed by atoms with Crippen LogP contribution in [0.5, 0.6) is 0 Å². The maximum absolute atomic E-state index is 10.6. The quantitative estimate of drug-likeness (QED) is 0.202. The van der Waals surface area contributed by atoms with E-state index in [1.54, 1.807) is 0 Å². The molecule has 4 heteroatoms. The standard InChI is InChI=1S/C21H18N2.C10H9NO/c1-4-10-18(11-5-1)16-22-21(20-14-8-3-9-15-20)23-17-19-12-6-2-7-13-19;1-11-6-8(7-12)9-4-2-3-5-10(9)11/h1-17,21H;2-7H,1H3. The fourth-order valence-corrected chi connectivity index (χ4v) is 3.69. The van der Waals surface area contributed by atoms with E-state index < -0.39 is 0 Å². The molecule has 0 fully saturated rings. The van der Waals surface area contributed by atoms with Gasteiger partial charge in [-0.05, 0) is 22.8 Å². The summed E-state index contributed by atoms with van der Waals surface area (Å²) in [7, 11) is 1.94. The summed E-state index contributed by atoms with van der Waals surface area (Å²) in [5.41, 5.74) is 5.08. The van der Waals surface area contributed by atoms with Crippen LogP contribution in [0.15, 0.2) is 131 Å². The van der Waals surface area contributed by atoms with E-state index in [9.17, 15) is 4.79 Å². The molecular weight excluding hydrogens is 430 g/mol. The summed E-state index contributed by atoms with van der Waals surface area (Å²) in [4.78, 5) is 19.9. The molecule has 0 amide bonds. The summed E-state index contributed by atoms with van der Waals surface area (Å²) in [5.74, 6) is 0. The van der Waals surface area contributed by atoms with Gasteiger partial charge < -0.3 is 4.57 Å². The van der Waals surface area contributed by atoms with Crippen LogP contribution >= 0.6 is 0 Å². The second kappa shape index (κ2) is 12.1. The van der Waals surface area contributed by atoms with Crippen molar-refractivity contribution < 1.29 is 4.79 Å². The molecule has 0 spiro atoms. The summed E-state index contributed by atoms with van der Waals surface area (Å²) in [6.07, 6.45) is 6.25. The Hall–Kier alpha value is -4.57. The van der Waals surface area contributed by atoms with Crippen LogP contribution in [-0.2, 0) is 7.05 Å². The van der Waals surface area contributed by atoms with Crippen molar-refractivity contribution >= 4 is 29.6 Å². The molecule has 0 aliphatic heterocycles. The van der Waals surface area contributed by atoms with Crippen molar-refractivity contribution in [1.29, 1.82) is 0 Å². The molecule has 0 aliphatic carbocycles. The first-order chi connectivity index (χ1) is 17.2. The van der Waals surface area contributed by atoms with Gasteiger partial charge in [0.05, 0.1) is 0 Å². The number of aryl methyl sites for hydroxylation is 1. The minimum absolute atomic E-state index is 0.239. The molecule has 0 bridgehead atoms. The Morgan fingerprint density at radius 1 is 0.657 bits per heavy atom. The van der Waals surface area contributed by atoms with Gasteiger partial charge in [0, 0.05) is 42.1 Å². The van der Waals surface area contributed by atoms with Crippen LogP contribution in [0.3, 0.4) is 0 Å². The molecule has 4 aromatic carbocycles. The van der Waals surface area contributed by atoms with Gasteiger partial charge >= 0.3 is 0 Å². The summed E-state index contributed by atoms with van der Waals surface area (Å²) in [6.45, 7) is 0. The van der Waals surface area contributed by atoms with Gasteiger partial charge in [0.1, 0.15) is 0 Å². The lowest BCUT2D eigenvalue weighted by molar-refractivity contribution is 0.112. The minimum atomic E-state index is -0.239. The fourth-order valence-electron chi connectivity index (χ4n) is 3.69. The summed E-state index contributed by atoms with van der Waals surface area (Å²) in [5, 5.41) is 1.02. The summed E-state index contributed by atoms with van der Waals surface area (Å²) < 4.78 is 1.96. The molecule has 4 nitrogen and oxygen atoms in total. The van der Waals surface area contributed by atoms with E-state index in [2.05, 4.69) is 22.1 Å². The second-order valence-corrected chi connectivity index (χ2v) is 7.99. The average Bonchev–Trinajstić information content (AvgIpc) is 3.26. The van der Waals surface area contributed by atoms with Crippen LogP contribution in [0.4, 0.5) is 0 Å². The van der Waals surface area contributed by atoms with Gasteiger partial charge in [0.25, 0.3) is 0 Å². The van der Waals surface area contributed by atoms with Crippen molar-refractivity contribution in [3.05, 3.63) is 144 Å². The molecule has 1 aromatic heterocycles. The van der Waals surface area contributed by atoms with Crippen molar-refractivity contribution in [3.63, 3.8) is 0 Å². The number of hydrogen-bond donors (Lipinski definition) is 0. The van der Waals surface area contributed by atoms with Gasteiger partial charge in [-0.3, -0.25) is 14.8 Å². The minimum Gasteiger partial charge on any atom is -0.350 e. The number of rotatable bonds is 6. The number of carbonyl (C=O) groups is 1. The van der Waals surface area contributed by atoms with Crippen LogP contribution in [-0.4, -0.2) is 23.3 Å². The summed E-state index contributed by atoms with van der Waals surface area (Å²) >= 11 is 0. The predicted molar refractivity (Wildman–Crippen MR) is 146 cm³/mol. The maximum atomic E-state index is 10.6. The van der Waals surface area contributed by atoms with Crippen LogP contribution < -0.4 is 0 Å². The average molecular weight is 458 g/mol. The normalized spacial score (nSPS) is 11.9. The Kier molecular flexibility index (Phi) is 8.12. The van der Waals surface area contributed by atoms with Crippen LogP contribution in [0.2, 0.25) is 0 Å². The van der Waals surface area contributed by atoms with Crippen LogP contribution in [0.1, 0.15) is 33.2 Å². The molecular formula is C31H27N3O. The van der Waals surface area contributed by atoms with Gasteiger partial charge in [0.2, 0.25) is 0 Å². The number of hydrogen-bond acceptors (Lipinski definition) is 3. The first kappa shape index (κ1) is 23.6. The first-order valence-corrected chi connectivity index (χ1v) is 11.5. The van der Waals surface area contributed by atoms with Crippen molar-refractivity contribution in [3.8, 4) is 0 Å². The van der Waals surface area contributed by atoms with Crippen molar-refractivity contribution in [2.75, 3.05) is 0 Å². The van der Waals surface area contributed by atoms with Gasteiger partial charge in [-0.1, -0.05) is 109 Å². The van der Waals surface area contributed by atoms with Crippen molar-refractivity contribution in [1.82, 2.24) is 4.57 Å². The molecule has 0 radical (unpaired) electrons. The van der Waals surface area contributed by atoms with E-state index in [0.29, 0.717) is 0 Å². The number of nitrogens with zero attached hydrogens (tertiary/aromatic N) is 3. The molecule has 0 saturated heterocycles. The molecule has 5 rings (SSSR count). The lowest BCUT2D eigenvalue weighted by atomic mass is 10.1. The number of carbonyl (C=O) groups excluding carboxylic acids is 1. The Morgan fingerprint density at radius 2 is 1.14 bits per heavy atom. The lowest BCUT2D eigenvalue weighted by Crippen LogP contribution is -1.94. The number of aromatic nitrogens is 1. The number of benzene rings is 4. The van der Waals surface area contributed by atoms with E-state index in [4.69, 9.17) is 0 Å². The molecule has 172 valence electrons. The molecule has 35 heavy (non-hydrogen) atoms. The van der Waals surface area contributed by atoms with Gasteiger partial charge in [-0.25, -0.2) is 0 Å². The van der Waals surface area contributed by atoms with Crippen LogP contribution in [0.25, 0.3) is 10.9 Å². The number of para-hydroxylation sites is 1. The number of aldehydes is 1. The molecule has 0 unspecified atom stereocenters. The van der Waals surface area contributed by atoms with E-state index in [0.717, 1.165) is 39.4 Å². The zero-order chi connectivity index (χ0) is 24.3. The molecule has 1 heterocycles. The monoisotopic (exact) mass is 457 g/mol. The third-order valence-corrected chi connectivity index (χ3v) is 5.48. The fraction of sp³-hybridized carbons (Fsp3) is 0.0645. The smallest absolute Gasteiger partial charge is 0.165 e. The van der Waals surface area contributed by atoms with Crippen LogP contribution in [0, 0.1) is 0 Å².